The normalized spacial score (nSPS) is 12.5. The Kier molecular flexibility index (Phi) is 2.93. The van der Waals surface area contributed by atoms with Gasteiger partial charge in [0, 0.05) is 6.20 Å². The summed E-state index contributed by atoms with van der Waals surface area (Å²) >= 11 is 0. The summed E-state index contributed by atoms with van der Waals surface area (Å²) in [5, 5.41) is 4.34. The van der Waals surface area contributed by atoms with Gasteiger partial charge in [-0.25, -0.2) is 4.68 Å². The van der Waals surface area contributed by atoms with Gasteiger partial charge in [0.25, 0.3) is 0 Å². The van der Waals surface area contributed by atoms with Crippen molar-refractivity contribution in [3.8, 4) is 17.0 Å². The Labute approximate surface area is 111 Å². The molecule has 96 valence electrons. The monoisotopic (exact) mass is 253 g/mol. The topological polar surface area (TPSA) is 57.0 Å². The average Bonchev–Trinajstić information content (AvgIpc) is 3.09. The molecule has 0 fully saturated rings. The van der Waals surface area contributed by atoms with Crippen molar-refractivity contribution in [2.45, 2.75) is 13.0 Å². The lowest BCUT2D eigenvalue weighted by molar-refractivity contribution is 0.491. The molecule has 0 spiro atoms. The van der Waals surface area contributed by atoms with Gasteiger partial charge in [-0.3, -0.25) is 0 Å². The number of nitrogens with two attached hydrogens (primary N) is 1. The molecule has 0 bridgehead atoms. The molecule has 0 saturated carbocycles. The molecule has 0 aliphatic carbocycles. The summed E-state index contributed by atoms with van der Waals surface area (Å²) in [6.07, 6.45) is 3.73. The maximum atomic E-state index is 5.79. The number of aromatic nitrogens is 2. The van der Waals surface area contributed by atoms with E-state index >= 15 is 0 Å². The average molecular weight is 253 g/mol. The van der Waals surface area contributed by atoms with Crippen LogP contribution in [0, 0.1) is 0 Å². The molecular weight excluding hydrogens is 238 g/mol. The molecule has 1 aromatic carbocycles. The predicted octanol–water partition coefficient (Wildman–Crippen LogP) is 3.15. The first kappa shape index (κ1) is 11.7. The molecule has 19 heavy (non-hydrogen) atoms. The van der Waals surface area contributed by atoms with Crippen LogP contribution in [-0.2, 0) is 0 Å². The largest absolute Gasteiger partial charge is 0.459 e. The molecule has 0 radical (unpaired) electrons. The quantitative estimate of drug-likeness (QED) is 0.780. The van der Waals surface area contributed by atoms with Gasteiger partial charge in [0.15, 0.2) is 0 Å². The Hall–Kier alpha value is -2.33. The SMILES string of the molecule is CC(N)c1ccc(-c2cnn(-c3ccccc3)c2)o1. The van der Waals surface area contributed by atoms with Crippen LogP contribution in [0.4, 0.5) is 0 Å². The first-order valence-corrected chi connectivity index (χ1v) is 6.20. The van der Waals surface area contributed by atoms with Crippen molar-refractivity contribution >= 4 is 0 Å². The van der Waals surface area contributed by atoms with Gasteiger partial charge >= 0.3 is 0 Å². The summed E-state index contributed by atoms with van der Waals surface area (Å²) in [6.45, 7) is 1.90. The molecule has 0 saturated heterocycles. The van der Waals surface area contributed by atoms with Crippen molar-refractivity contribution in [3.63, 3.8) is 0 Å². The molecule has 0 aliphatic rings. The summed E-state index contributed by atoms with van der Waals surface area (Å²) in [5.74, 6) is 1.57. The van der Waals surface area contributed by atoms with Crippen LogP contribution in [0.15, 0.2) is 59.3 Å². The zero-order chi connectivity index (χ0) is 13.2. The first-order chi connectivity index (χ1) is 9.24. The molecular formula is C15H15N3O. The molecule has 2 N–H and O–H groups in total. The lowest BCUT2D eigenvalue weighted by Gasteiger charge is -1.99. The van der Waals surface area contributed by atoms with E-state index in [0.717, 1.165) is 22.8 Å². The van der Waals surface area contributed by atoms with E-state index in [1.54, 1.807) is 6.20 Å². The fraction of sp³-hybridized carbons (Fsp3) is 0.133. The molecule has 4 heteroatoms. The van der Waals surface area contributed by atoms with Crippen LogP contribution in [-0.4, -0.2) is 9.78 Å². The van der Waals surface area contributed by atoms with Crippen molar-refractivity contribution < 1.29 is 4.42 Å². The van der Waals surface area contributed by atoms with Crippen molar-refractivity contribution in [1.29, 1.82) is 0 Å². The van der Waals surface area contributed by atoms with Crippen molar-refractivity contribution in [1.82, 2.24) is 9.78 Å². The van der Waals surface area contributed by atoms with Crippen LogP contribution in [0.5, 0.6) is 0 Å². The Morgan fingerprint density at radius 2 is 1.95 bits per heavy atom. The third-order valence-electron chi connectivity index (χ3n) is 2.96. The summed E-state index contributed by atoms with van der Waals surface area (Å²) in [5.41, 5.74) is 7.75. The third-order valence-corrected chi connectivity index (χ3v) is 2.96. The minimum Gasteiger partial charge on any atom is -0.459 e. The maximum absolute atomic E-state index is 5.79. The fourth-order valence-corrected chi connectivity index (χ4v) is 1.92. The maximum Gasteiger partial charge on any atom is 0.137 e. The Morgan fingerprint density at radius 3 is 2.63 bits per heavy atom. The minimum atomic E-state index is -0.0991. The smallest absolute Gasteiger partial charge is 0.137 e. The van der Waals surface area contributed by atoms with Crippen LogP contribution < -0.4 is 5.73 Å². The lowest BCUT2D eigenvalue weighted by atomic mass is 10.2. The molecule has 2 heterocycles. The molecule has 0 aliphatic heterocycles. The van der Waals surface area contributed by atoms with E-state index < -0.39 is 0 Å². The molecule has 3 aromatic rings. The Bertz CT molecular complexity index is 668. The van der Waals surface area contributed by atoms with Crippen LogP contribution >= 0.6 is 0 Å². The summed E-state index contributed by atoms with van der Waals surface area (Å²) in [6, 6.07) is 13.7. The highest BCUT2D eigenvalue weighted by atomic mass is 16.3. The second-order valence-corrected chi connectivity index (χ2v) is 4.50. The van der Waals surface area contributed by atoms with Crippen molar-refractivity contribution in [2.24, 2.45) is 5.73 Å². The number of hydrogen-bond donors (Lipinski definition) is 1. The third kappa shape index (κ3) is 2.30. The van der Waals surface area contributed by atoms with Gasteiger partial charge in [-0.05, 0) is 31.2 Å². The van der Waals surface area contributed by atoms with Gasteiger partial charge in [0.1, 0.15) is 11.5 Å². The van der Waals surface area contributed by atoms with Crippen LogP contribution in [0.2, 0.25) is 0 Å². The summed E-state index contributed by atoms with van der Waals surface area (Å²) in [4.78, 5) is 0. The van der Waals surface area contributed by atoms with E-state index in [1.165, 1.54) is 0 Å². The number of furan rings is 1. The Balaban J connectivity index is 1.92. The standard InChI is InChI=1S/C15H15N3O/c1-11(16)14-7-8-15(19-14)12-9-17-18(10-12)13-5-3-2-4-6-13/h2-11H,16H2,1H3. The van der Waals surface area contributed by atoms with E-state index in [1.807, 2.05) is 60.3 Å². The molecule has 1 atom stereocenters. The predicted molar refractivity (Wildman–Crippen MR) is 73.9 cm³/mol. The van der Waals surface area contributed by atoms with Gasteiger partial charge in [-0.15, -0.1) is 0 Å². The fourth-order valence-electron chi connectivity index (χ4n) is 1.92. The second-order valence-electron chi connectivity index (χ2n) is 4.50. The van der Waals surface area contributed by atoms with Gasteiger partial charge in [0.05, 0.1) is 23.5 Å². The summed E-state index contributed by atoms with van der Waals surface area (Å²) in [7, 11) is 0. The molecule has 2 aromatic heterocycles. The van der Waals surface area contributed by atoms with Crippen LogP contribution in [0.25, 0.3) is 17.0 Å². The number of rotatable bonds is 3. The number of hydrogen-bond acceptors (Lipinski definition) is 3. The van der Waals surface area contributed by atoms with Crippen LogP contribution in [0.1, 0.15) is 18.7 Å². The summed E-state index contributed by atoms with van der Waals surface area (Å²) < 4.78 is 7.52. The zero-order valence-corrected chi connectivity index (χ0v) is 10.7. The molecule has 1 unspecified atom stereocenters. The van der Waals surface area contributed by atoms with Crippen LogP contribution in [0.3, 0.4) is 0 Å². The van der Waals surface area contributed by atoms with Gasteiger partial charge in [-0.1, -0.05) is 18.2 Å². The van der Waals surface area contributed by atoms with Gasteiger partial charge in [0.2, 0.25) is 0 Å². The molecule has 4 nitrogen and oxygen atoms in total. The number of para-hydroxylation sites is 1. The van der Waals surface area contributed by atoms with E-state index in [0.29, 0.717) is 0 Å². The minimum absolute atomic E-state index is 0.0991. The molecule has 3 rings (SSSR count). The second kappa shape index (κ2) is 4.74. The van der Waals surface area contributed by atoms with Crippen molar-refractivity contribution in [3.05, 3.63) is 60.6 Å². The van der Waals surface area contributed by atoms with Crippen molar-refractivity contribution in [2.75, 3.05) is 0 Å². The highest BCUT2D eigenvalue weighted by molar-refractivity contribution is 5.56. The number of benzene rings is 1. The van der Waals surface area contributed by atoms with E-state index in [4.69, 9.17) is 10.2 Å². The van der Waals surface area contributed by atoms with E-state index in [2.05, 4.69) is 5.10 Å². The Morgan fingerprint density at radius 1 is 1.16 bits per heavy atom. The highest BCUT2D eigenvalue weighted by Crippen LogP contribution is 2.24. The first-order valence-electron chi connectivity index (χ1n) is 6.20. The van der Waals surface area contributed by atoms with E-state index in [9.17, 15) is 0 Å². The van der Waals surface area contributed by atoms with Gasteiger partial charge < -0.3 is 10.2 Å². The molecule has 0 amide bonds. The zero-order valence-electron chi connectivity index (χ0n) is 10.7. The lowest BCUT2D eigenvalue weighted by Crippen LogP contribution is -2.02. The number of nitrogens with zero attached hydrogens (tertiary/aromatic N) is 2. The van der Waals surface area contributed by atoms with Gasteiger partial charge in [-0.2, -0.15) is 5.10 Å². The highest BCUT2D eigenvalue weighted by Gasteiger charge is 2.10. The van der Waals surface area contributed by atoms with E-state index in [-0.39, 0.29) is 6.04 Å².